The lowest BCUT2D eigenvalue weighted by atomic mass is 9.99. The van der Waals surface area contributed by atoms with Gasteiger partial charge in [-0.25, -0.2) is 14.8 Å². The highest BCUT2D eigenvalue weighted by Gasteiger charge is 2.27. The molecule has 174 valence electrons. The summed E-state index contributed by atoms with van der Waals surface area (Å²) in [6, 6.07) is 28.6. The SMILES string of the molecule is CCCOC(=O)[C@@H](Nc1ncnc2oc(-c3ccccc3)c(-c3ccccc3)c12)c1ccccc1. The van der Waals surface area contributed by atoms with Crippen LogP contribution in [-0.4, -0.2) is 22.5 Å². The van der Waals surface area contributed by atoms with Crippen molar-refractivity contribution in [3.63, 3.8) is 0 Å². The molecule has 0 unspecified atom stereocenters. The van der Waals surface area contributed by atoms with Crippen LogP contribution in [0.1, 0.15) is 24.9 Å². The fraction of sp³-hybridized carbons (Fsp3) is 0.138. The number of rotatable bonds is 8. The monoisotopic (exact) mass is 463 g/mol. The predicted octanol–water partition coefficient (Wildman–Crippen LogP) is 6.66. The van der Waals surface area contributed by atoms with Gasteiger partial charge in [-0.1, -0.05) is 97.9 Å². The molecule has 35 heavy (non-hydrogen) atoms. The van der Waals surface area contributed by atoms with E-state index in [2.05, 4.69) is 15.3 Å². The third-order valence-corrected chi connectivity index (χ3v) is 5.68. The van der Waals surface area contributed by atoms with Crippen molar-refractivity contribution in [2.45, 2.75) is 19.4 Å². The van der Waals surface area contributed by atoms with Crippen LogP contribution in [0.4, 0.5) is 5.82 Å². The fourth-order valence-electron chi connectivity index (χ4n) is 4.06. The van der Waals surface area contributed by atoms with Crippen molar-refractivity contribution < 1.29 is 13.9 Å². The third kappa shape index (κ3) is 4.64. The number of esters is 1. The van der Waals surface area contributed by atoms with Crippen LogP contribution in [0.5, 0.6) is 0 Å². The van der Waals surface area contributed by atoms with Crippen molar-refractivity contribution in [3.05, 3.63) is 103 Å². The first-order chi connectivity index (χ1) is 17.3. The summed E-state index contributed by atoms with van der Waals surface area (Å²) in [6.07, 6.45) is 2.18. The first kappa shape index (κ1) is 22.3. The molecule has 2 aromatic heterocycles. The number of carbonyl (C=O) groups is 1. The zero-order chi connectivity index (χ0) is 24.0. The molecule has 0 fully saturated rings. The van der Waals surface area contributed by atoms with Gasteiger partial charge in [0.1, 0.15) is 17.9 Å². The Morgan fingerprint density at radius 3 is 2.17 bits per heavy atom. The van der Waals surface area contributed by atoms with Gasteiger partial charge in [-0.2, -0.15) is 0 Å². The fourth-order valence-corrected chi connectivity index (χ4v) is 4.06. The summed E-state index contributed by atoms with van der Waals surface area (Å²) in [7, 11) is 0. The van der Waals surface area contributed by atoms with E-state index in [9.17, 15) is 4.79 Å². The lowest BCUT2D eigenvalue weighted by Crippen LogP contribution is -2.24. The van der Waals surface area contributed by atoms with E-state index >= 15 is 0 Å². The number of furan rings is 1. The minimum atomic E-state index is -0.737. The van der Waals surface area contributed by atoms with Gasteiger partial charge in [0.05, 0.1) is 12.0 Å². The molecule has 0 saturated carbocycles. The van der Waals surface area contributed by atoms with Crippen molar-refractivity contribution in [1.29, 1.82) is 0 Å². The van der Waals surface area contributed by atoms with Crippen LogP contribution in [0.3, 0.4) is 0 Å². The number of hydrogen-bond donors (Lipinski definition) is 1. The van der Waals surface area contributed by atoms with Crippen LogP contribution in [0.2, 0.25) is 0 Å². The zero-order valence-corrected chi connectivity index (χ0v) is 19.3. The molecule has 0 spiro atoms. The summed E-state index contributed by atoms with van der Waals surface area (Å²) < 4.78 is 11.8. The molecule has 3 aromatic carbocycles. The molecule has 0 amide bonds. The highest BCUT2D eigenvalue weighted by atomic mass is 16.5. The molecule has 6 nitrogen and oxygen atoms in total. The molecular formula is C29H25N3O3. The normalized spacial score (nSPS) is 11.8. The average molecular weight is 464 g/mol. The van der Waals surface area contributed by atoms with E-state index in [1.165, 1.54) is 6.33 Å². The van der Waals surface area contributed by atoms with E-state index in [1.807, 2.05) is 97.9 Å². The van der Waals surface area contributed by atoms with Gasteiger partial charge in [-0.3, -0.25) is 0 Å². The zero-order valence-electron chi connectivity index (χ0n) is 19.3. The van der Waals surface area contributed by atoms with Gasteiger partial charge < -0.3 is 14.5 Å². The van der Waals surface area contributed by atoms with Gasteiger partial charge in [-0.15, -0.1) is 0 Å². The van der Waals surface area contributed by atoms with Crippen molar-refractivity contribution in [1.82, 2.24) is 9.97 Å². The number of fused-ring (bicyclic) bond motifs is 1. The second kappa shape index (κ2) is 10.2. The van der Waals surface area contributed by atoms with E-state index in [1.54, 1.807) is 0 Å². The Labute approximate surface area is 203 Å². The number of ether oxygens (including phenoxy) is 1. The van der Waals surface area contributed by atoms with E-state index in [-0.39, 0.29) is 5.97 Å². The second-order valence-corrected chi connectivity index (χ2v) is 8.10. The number of nitrogens with one attached hydrogen (secondary N) is 1. The molecule has 1 atom stereocenters. The highest BCUT2D eigenvalue weighted by molar-refractivity contribution is 6.06. The van der Waals surface area contributed by atoms with Crippen LogP contribution >= 0.6 is 0 Å². The Kier molecular flexibility index (Phi) is 6.52. The lowest BCUT2D eigenvalue weighted by molar-refractivity contribution is -0.144. The topological polar surface area (TPSA) is 77.2 Å². The average Bonchev–Trinajstić information content (AvgIpc) is 3.32. The van der Waals surface area contributed by atoms with E-state index in [0.29, 0.717) is 29.3 Å². The molecule has 0 aliphatic carbocycles. The van der Waals surface area contributed by atoms with Crippen LogP contribution in [-0.2, 0) is 9.53 Å². The van der Waals surface area contributed by atoms with E-state index in [4.69, 9.17) is 9.15 Å². The van der Waals surface area contributed by atoms with Crippen molar-refractivity contribution in [2.75, 3.05) is 11.9 Å². The molecule has 1 N–H and O–H groups in total. The maximum Gasteiger partial charge on any atom is 0.333 e. The molecule has 5 aromatic rings. The summed E-state index contributed by atoms with van der Waals surface area (Å²) in [4.78, 5) is 22.0. The Morgan fingerprint density at radius 1 is 0.886 bits per heavy atom. The van der Waals surface area contributed by atoms with Gasteiger partial charge >= 0.3 is 5.97 Å². The molecule has 0 aliphatic heterocycles. The number of aromatic nitrogens is 2. The molecule has 0 aliphatic rings. The van der Waals surface area contributed by atoms with Gasteiger partial charge in [0.2, 0.25) is 5.71 Å². The maximum atomic E-state index is 13.1. The molecule has 0 bridgehead atoms. The van der Waals surface area contributed by atoms with Crippen molar-refractivity contribution in [3.8, 4) is 22.5 Å². The predicted molar refractivity (Wildman–Crippen MR) is 137 cm³/mol. The van der Waals surface area contributed by atoms with Gasteiger partial charge in [0.25, 0.3) is 0 Å². The standard InChI is InChI=1S/C29H25N3O3/c1-2-18-34-29(33)25(21-14-8-4-9-15-21)32-27-24-23(20-12-6-3-7-13-20)26(22-16-10-5-11-17-22)35-28(24)31-19-30-27/h3-17,19,25H,2,18H2,1H3,(H,30,31,32)/t25-/m0/s1. The quantitative estimate of drug-likeness (QED) is 0.259. The van der Waals surface area contributed by atoms with Crippen LogP contribution in [0, 0.1) is 0 Å². The molecule has 5 rings (SSSR count). The molecule has 2 heterocycles. The smallest absolute Gasteiger partial charge is 0.333 e. The minimum Gasteiger partial charge on any atom is -0.464 e. The number of benzene rings is 3. The first-order valence-electron chi connectivity index (χ1n) is 11.6. The maximum absolute atomic E-state index is 13.1. The molecule has 0 saturated heterocycles. The first-order valence-corrected chi connectivity index (χ1v) is 11.6. The van der Waals surface area contributed by atoms with Crippen molar-refractivity contribution in [2.24, 2.45) is 0 Å². The van der Waals surface area contributed by atoms with Gasteiger partial charge in [0, 0.05) is 11.1 Å². The van der Waals surface area contributed by atoms with Crippen LogP contribution < -0.4 is 5.32 Å². The van der Waals surface area contributed by atoms with Crippen LogP contribution in [0.15, 0.2) is 102 Å². The van der Waals surface area contributed by atoms with Gasteiger partial charge in [0.15, 0.2) is 6.04 Å². The number of anilines is 1. The summed E-state index contributed by atoms with van der Waals surface area (Å²) >= 11 is 0. The Morgan fingerprint density at radius 2 is 1.51 bits per heavy atom. The number of hydrogen-bond acceptors (Lipinski definition) is 6. The largest absolute Gasteiger partial charge is 0.464 e. The van der Waals surface area contributed by atoms with E-state index in [0.717, 1.165) is 28.7 Å². The summed E-state index contributed by atoms with van der Waals surface area (Å²) in [6.45, 7) is 2.32. The summed E-state index contributed by atoms with van der Waals surface area (Å²) in [5.41, 5.74) is 3.98. The number of carbonyl (C=O) groups excluding carboxylic acids is 1. The van der Waals surface area contributed by atoms with Gasteiger partial charge in [-0.05, 0) is 17.5 Å². The van der Waals surface area contributed by atoms with E-state index < -0.39 is 6.04 Å². The summed E-state index contributed by atoms with van der Waals surface area (Å²) in [5.74, 6) is 0.833. The Hall–Kier alpha value is -4.45. The number of nitrogens with zero attached hydrogens (tertiary/aromatic N) is 2. The highest BCUT2D eigenvalue weighted by Crippen LogP contribution is 2.43. The third-order valence-electron chi connectivity index (χ3n) is 5.68. The Balaban J connectivity index is 1.68. The second-order valence-electron chi connectivity index (χ2n) is 8.10. The molecular weight excluding hydrogens is 438 g/mol. The van der Waals surface area contributed by atoms with Crippen molar-refractivity contribution >= 4 is 22.9 Å². The summed E-state index contributed by atoms with van der Waals surface area (Å²) in [5, 5.41) is 4.05. The lowest BCUT2D eigenvalue weighted by Gasteiger charge is -2.19. The Bertz CT molecular complexity index is 1420. The minimum absolute atomic E-state index is 0.349. The molecule has 0 radical (unpaired) electrons. The molecule has 6 heteroatoms. The van der Waals surface area contributed by atoms with Crippen LogP contribution in [0.25, 0.3) is 33.6 Å².